The topological polar surface area (TPSA) is 107 Å². The van der Waals surface area contributed by atoms with E-state index in [1.165, 1.54) is 4.31 Å². The maximum atomic E-state index is 13.0. The van der Waals surface area contributed by atoms with Crippen molar-refractivity contribution in [3.8, 4) is 0 Å². The average Bonchev–Trinajstić information content (AvgIpc) is 3.25. The molecule has 2 saturated heterocycles. The summed E-state index contributed by atoms with van der Waals surface area (Å²) in [6.07, 6.45) is 3.56. The van der Waals surface area contributed by atoms with Crippen molar-refractivity contribution in [2.45, 2.75) is 44.4 Å². The van der Waals surface area contributed by atoms with Gasteiger partial charge in [0.15, 0.2) is 0 Å². The monoisotopic (exact) mass is 419 g/mol. The normalized spacial score (nSPS) is 23.8. The zero-order valence-electron chi connectivity index (χ0n) is 16.0. The molecule has 2 fully saturated rings. The molecule has 2 aliphatic rings. The van der Waals surface area contributed by atoms with Gasteiger partial charge in [-0.15, -0.1) is 12.4 Å². The summed E-state index contributed by atoms with van der Waals surface area (Å²) in [5.41, 5.74) is 1.01. The average molecular weight is 420 g/mol. The second-order valence-corrected chi connectivity index (χ2v) is 9.28. The highest BCUT2D eigenvalue weighted by Gasteiger charge is 2.35. The molecular weight excluding hydrogens is 390 g/mol. The highest BCUT2D eigenvalue weighted by molar-refractivity contribution is 7.89. The summed E-state index contributed by atoms with van der Waals surface area (Å²) < 4.78 is 27.4. The molecule has 10 heteroatoms. The van der Waals surface area contributed by atoms with Crippen molar-refractivity contribution >= 4 is 28.3 Å². The lowest BCUT2D eigenvalue weighted by atomic mass is 9.98. The van der Waals surface area contributed by atoms with E-state index in [1.807, 2.05) is 0 Å². The van der Waals surface area contributed by atoms with E-state index in [1.54, 1.807) is 13.8 Å². The van der Waals surface area contributed by atoms with Crippen molar-refractivity contribution in [1.29, 1.82) is 0 Å². The van der Waals surface area contributed by atoms with Crippen molar-refractivity contribution in [1.82, 2.24) is 25.1 Å². The summed E-state index contributed by atoms with van der Waals surface area (Å²) in [7, 11) is -3.63. The predicted octanol–water partition coefficient (Wildman–Crippen LogP) is 0.965. The second kappa shape index (κ2) is 9.36. The van der Waals surface area contributed by atoms with Crippen LogP contribution < -0.4 is 10.6 Å². The van der Waals surface area contributed by atoms with E-state index >= 15 is 0 Å². The summed E-state index contributed by atoms with van der Waals surface area (Å²) in [5, 5.41) is 13.1. The van der Waals surface area contributed by atoms with Crippen LogP contribution in [-0.4, -0.2) is 61.6 Å². The Bertz CT molecular complexity index is 726. The van der Waals surface area contributed by atoms with Gasteiger partial charge in [-0.3, -0.25) is 9.89 Å². The number of aryl methyl sites for hydroxylation is 2. The Morgan fingerprint density at radius 1 is 1.33 bits per heavy atom. The first-order valence-electron chi connectivity index (χ1n) is 9.39. The number of rotatable bonds is 6. The Morgan fingerprint density at radius 3 is 2.74 bits per heavy atom. The number of nitrogens with zero attached hydrogens (tertiary/aromatic N) is 2. The summed E-state index contributed by atoms with van der Waals surface area (Å²) in [5.74, 6) is 0.315. The molecule has 0 radical (unpaired) electrons. The molecule has 1 amide bonds. The van der Waals surface area contributed by atoms with Gasteiger partial charge in [0.2, 0.25) is 15.9 Å². The van der Waals surface area contributed by atoms with Gasteiger partial charge in [-0.1, -0.05) is 0 Å². The summed E-state index contributed by atoms with van der Waals surface area (Å²) in [6, 6.07) is 0. The Morgan fingerprint density at radius 2 is 2.11 bits per heavy atom. The third kappa shape index (κ3) is 5.01. The number of aromatic nitrogens is 2. The van der Waals surface area contributed by atoms with Crippen LogP contribution in [0, 0.1) is 25.7 Å². The molecule has 2 unspecified atom stereocenters. The molecule has 0 saturated carbocycles. The molecule has 8 nitrogen and oxygen atoms in total. The van der Waals surface area contributed by atoms with E-state index in [0.717, 1.165) is 32.4 Å². The van der Waals surface area contributed by atoms with Crippen molar-refractivity contribution < 1.29 is 13.2 Å². The summed E-state index contributed by atoms with van der Waals surface area (Å²) in [4.78, 5) is 12.7. The summed E-state index contributed by atoms with van der Waals surface area (Å²) in [6.45, 7) is 6.82. The van der Waals surface area contributed by atoms with Gasteiger partial charge in [-0.05, 0) is 58.5 Å². The van der Waals surface area contributed by atoms with E-state index in [9.17, 15) is 13.2 Å². The summed E-state index contributed by atoms with van der Waals surface area (Å²) >= 11 is 0. The van der Waals surface area contributed by atoms with Gasteiger partial charge in [0.1, 0.15) is 4.90 Å². The van der Waals surface area contributed by atoms with Crippen LogP contribution in [0.3, 0.4) is 0 Å². The van der Waals surface area contributed by atoms with Gasteiger partial charge in [-0.2, -0.15) is 9.40 Å². The maximum absolute atomic E-state index is 13.0. The minimum absolute atomic E-state index is 0. The third-order valence-corrected chi connectivity index (χ3v) is 7.56. The van der Waals surface area contributed by atoms with Crippen LogP contribution in [0.5, 0.6) is 0 Å². The van der Waals surface area contributed by atoms with E-state index in [0.29, 0.717) is 36.8 Å². The first-order valence-corrected chi connectivity index (χ1v) is 10.8. The van der Waals surface area contributed by atoms with Crippen LogP contribution >= 0.6 is 12.4 Å². The van der Waals surface area contributed by atoms with Gasteiger partial charge >= 0.3 is 0 Å². The third-order valence-electron chi connectivity index (χ3n) is 5.43. The van der Waals surface area contributed by atoms with Crippen LogP contribution in [0.4, 0.5) is 0 Å². The first-order chi connectivity index (χ1) is 12.4. The second-order valence-electron chi connectivity index (χ2n) is 7.40. The number of aromatic amines is 1. The van der Waals surface area contributed by atoms with Crippen molar-refractivity contribution in [2.24, 2.45) is 11.8 Å². The molecule has 1 aromatic rings. The van der Waals surface area contributed by atoms with Crippen molar-refractivity contribution in [2.75, 3.05) is 32.7 Å². The number of H-pyrrole nitrogens is 1. The van der Waals surface area contributed by atoms with Crippen LogP contribution in [0.2, 0.25) is 0 Å². The molecule has 0 spiro atoms. The zero-order chi connectivity index (χ0) is 18.7. The van der Waals surface area contributed by atoms with Crippen LogP contribution in [0.25, 0.3) is 0 Å². The minimum Gasteiger partial charge on any atom is -0.356 e. The molecule has 2 atom stereocenters. The predicted molar refractivity (Wildman–Crippen MR) is 105 cm³/mol. The minimum atomic E-state index is -3.63. The number of sulfonamides is 1. The number of piperidine rings is 1. The van der Waals surface area contributed by atoms with Gasteiger partial charge in [-0.25, -0.2) is 8.42 Å². The Kier molecular flexibility index (Phi) is 7.67. The molecule has 3 rings (SSSR count). The van der Waals surface area contributed by atoms with Crippen LogP contribution in [0.15, 0.2) is 4.90 Å². The molecule has 27 heavy (non-hydrogen) atoms. The SMILES string of the molecule is Cc1n[nH]c(C)c1S(=O)(=O)N1CCCC(C(=O)NCCC2CCNC2)C1.Cl. The Hall–Kier alpha value is -1.16. The van der Waals surface area contributed by atoms with Gasteiger partial charge in [0, 0.05) is 19.6 Å². The number of carbonyl (C=O) groups is 1. The maximum Gasteiger partial charge on any atom is 0.246 e. The Balaban J connectivity index is 0.00000261. The van der Waals surface area contributed by atoms with Crippen LogP contribution in [0.1, 0.15) is 37.1 Å². The number of carbonyl (C=O) groups excluding carboxylic acids is 1. The van der Waals surface area contributed by atoms with Gasteiger partial charge in [0.05, 0.1) is 17.3 Å². The molecule has 0 aromatic carbocycles. The lowest BCUT2D eigenvalue weighted by Crippen LogP contribution is -2.45. The zero-order valence-corrected chi connectivity index (χ0v) is 17.6. The number of nitrogens with one attached hydrogen (secondary N) is 3. The molecule has 1 aromatic heterocycles. The lowest BCUT2D eigenvalue weighted by Gasteiger charge is -2.31. The van der Waals surface area contributed by atoms with Crippen molar-refractivity contribution in [3.05, 3.63) is 11.4 Å². The quantitative estimate of drug-likeness (QED) is 0.636. The number of hydrogen-bond acceptors (Lipinski definition) is 5. The molecule has 3 heterocycles. The number of amides is 1. The number of hydrogen-bond donors (Lipinski definition) is 3. The van der Waals surface area contributed by atoms with Gasteiger partial charge < -0.3 is 10.6 Å². The van der Waals surface area contributed by atoms with E-state index < -0.39 is 10.0 Å². The fraction of sp³-hybridized carbons (Fsp3) is 0.765. The molecule has 0 aliphatic carbocycles. The number of halogens is 1. The Labute approximate surface area is 167 Å². The van der Waals surface area contributed by atoms with E-state index in [2.05, 4.69) is 20.8 Å². The van der Waals surface area contributed by atoms with E-state index in [-0.39, 0.29) is 35.7 Å². The highest BCUT2D eigenvalue weighted by atomic mass is 35.5. The molecular formula is C17H30ClN5O3S. The molecule has 154 valence electrons. The molecule has 3 N–H and O–H groups in total. The largest absolute Gasteiger partial charge is 0.356 e. The fourth-order valence-corrected chi connectivity index (χ4v) is 5.78. The molecule has 0 bridgehead atoms. The highest BCUT2D eigenvalue weighted by Crippen LogP contribution is 2.26. The first kappa shape index (κ1) is 22.1. The standard InChI is InChI=1S/C17H29N5O3S.ClH/c1-12-16(13(2)21-20-12)26(24,25)22-9-3-4-15(11-22)17(23)19-8-6-14-5-7-18-10-14;/h14-15,18H,3-11H2,1-2H3,(H,19,23)(H,20,21);1H. The van der Waals surface area contributed by atoms with Crippen LogP contribution in [-0.2, 0) is 14.8 Å². The van der Waals surface area contributed by atoms with E-state index in [4.69, 9.17) is 0 Å². The fourth-order valence-electron chi connectivity index (χ4n) is 3.93. The molecule has 2 aliphatic heterocycles. The lowest BCUT2D eigenvalue weighted by molar-refractivity contribution is -0.126. The van der Waals surface area contributed by atoms with Crippen molar-refractivity contribution in [3.63, 3.8) is 0 Å². The van der Waals surface area contributed by atoms with Gasteiger partial charge in [0.25, 0.3) is 0 Å². The smallest absolute Gasteiger partial charge is 0.246 e.